The number of nitrogens with two attached hydrogens (primary N) is 1. The number of β-amino-alcohol motifs (C(OH)–C–C–N with tert-alkyl or cyclic N) is 1. The van der Waals surface area contributed by atoms with Crippen LogP contribution in [0.5, 0.6) is 0 Å². The Bertz CT molecular complexity index is 1420. The molecule has 1 aliphatic heterocycles. The van der Waals surface area contributed by atoms with Gasteiger partial charge in [-0.25, -0.2) is 27.7 Å². The highest BCUT2D eigenvalue weighted by molar-refractivity contribution is 7.89. The minimum Gasteiger partial charge on any atom is -0.391 e. The molecule has 2 aromatic carbocycles. The Hall–Kier alpha value is -3.58. The number of aliphatic hydroxyl groups excluding tert-OH is 1. The molecule has 2 unspecified atom stereocenters. The van der Waals surface area contributed by atoms with Crippen LogP contribution < -0.4 is 15.8 Å². The monoisotopic (exact) mass is 533 g/mol. The predicted molar refractivity (Wildman–Crippen MR) is 131 cm³/mol. The number of halogens is 2. The highest BCUT2D eigenvalue weighted by Gasteiger charge is 2.39. The number of aliphatic hydroxyl groups is 1. The van der Waals surface area contributed by atoms with Crippen LogP contribution in [0.3, 0.4) is 0 Å². The number of primary sulfonamides is 1. The van der Waals surface area contributed by atoms with Crippen LogP contribution in [0, 0.1) is 5.82 Å². The van der Waals surface area contributed by atoms with Crippen molar-refractivity contribution in [3.05, 3.63) is 71.6 Å². The van der Waals surface area contributed by atoms with Gasteiger partial charge in [-0.15, -0.1) is 0 Å². The fourth-order valence-corrected chi connectivity index (χ4v) is 4.76. The van der Waals surface area contributed by atoms with Gasteiger partial charge in [-0.05, 0) is 36.4 Å². The lowest BCUT2D eigenvalue weighted by Gasteiger charge is -2.24. The summed E-state index contributed by atoms with van der Waals surface area (Å²) >= 11 is 5.79. The Morgan fingerprint density at radius 1 is 1.11 bits per heavy atom. The maximum absolute atomic E-state index is 15.0. The molecule has 5 N–H and O–H groups in total. The Morgan fingerprint density at radius 3 is 2.53 bits per heavy atom. The summed E-state index contributed by atoms with van der Waals surface area (Å²) in [5.74, 6) is -1.22. The molecule has 3 amide bonds. The van der Waals surface area contributed by atoms with E-state index in [9.17, 15) is 27.5 Å². The zero-order valence-electron chi connectivity index (χ0n) is 18.6. The molecule has 1 aliphatic rings. The molecule has 0 saturated carbocycles. The predicted octanol–water partition coefficient (Wildman–Crippen LogP) is 2.79. The van der Waals surface area contributed by atoms with Gasteiger partial charge in [-0.3, -0.25) is 10.1 Å². The molecule has 188 valence electrons. The van der Waals surface area contributed by atoms with Crippen molar-refractivity contribution in [1.29, 1.82) is 0 Å². The van der Waals surface area contributed by atoms with E-state index in [0.29, 0.717) is 5.02 Å². The normalized spacial score (nSPS) is 17.6. The Morgan fingerprint density at radius 2 is 1.86 bits per heavy atom. The van der Waals surface area contributed by atoms with E-state index in [1.54, 1.807) is 6.07 Å². The molecule has 0 radical (unpaired) electrons. The van der Waals surface area contributed by atoms with Crippen molar-refractivity contribution in [2.75, 3.05) is 17.2 Å². The highest BCUT2D eigenvalue weighted by atomic mass is 35.5. The largest absolute Gasteiger partial charge is 0.391 e. The third-order valence-electron chi connectivity index (χ3n) is 5.53. The summed E-state index contributed by atoms with van der Waals surface area (Å²) in [5.41, 5.74) is 0.133. The molecule has 1 saturated heterocycles. The van der Waals surface area contributed by atoms with E-state index in [4.69, 9.17) is 16.7 Å². The molecule has 0 aliphatic carbocycles. The smallest absolute Gasteiger partial charge is 0.323 e. The zero-order chi connectivity index (χ0) is 26.0. The number of anilines is 2. The zero-order valence-corrected chi connectivity index (χ0v) is 20.1. The SMILES string of the molecule is NS(=O)(=O)c1ccccc1-c1ccc(NC(=O)C2CC(O)CN2C(=O)Nc2ccc(Cl)cn2)cc1F. The summed E-state index contributed by atoms with van der Waals surface area (Å²) in [7, 11) is -4.10. The van der Waals surface area contributed by atoms with E-state index in [1.165, 1.54) is 48.7 Å². The van der Waals surface area contributed by atoms with Gasteiger partial charge in [-0.2, -0.15) is 0 Å². The fourth-order valence-electron chi connectivity index (χ4n) is 3.89. The number of rotatable bonds is 5. The minimum atomic E-state index is -4.10. The van der Waals surface area contributed by atoms with Crippen LogP contribution in [0.4, 0.5) is 20.7 Å². The first-order valence-corrected chi connectivity index (χ1v) is 12.5. The second kappa shape index (κ2) is 10.2. The molecule has 2 heterocycles. The van der Waals surface area contributed by atoms with E-state index in [2.05, 4.69) is 15.6 Å². The number of carbonyl (C=O) groups excluding carboxylic acids is 2. The lowest BCUT2D eigenvalue weighted by atomic mass is 10.0. The van der Waals surface area contributed by atoms with E-state index >= 15 is 0 Å². The summed E-state index contributed by atoms with van der Waals surface area (Å²) < 4.78 is 38.7. The minimum absolute atomic E-state index is 0.0183. The number of likely N-dealkylation sites (tertiary alicyclic amines) is 1. The first-order valence-electron chi connectivity index (χ1n) is 10.6. The molecule has 1 aromatic heterocycles. The topological polar surface area (TPSA) is 155 Å². The van der Waals surface area contributed by atoms with Crippen LogP contribution >= 0.6 is 11.6 Å². The molecule has 0 spiro atoms. The van der Waals surface area contributed by atoms with Crippen molar-refractivity contribution < 1.29 is 27.5 Å². The number of carbonyl (C=O) groups is 2. The average molecular weight is 534 g/mol. The number of nitrogens with zero attached hydrogens (tertiary/aromatic N) is 2. The van der Waals surface area contributed by atoms with Crippen LogP contribution in [-0.2, 0) is 14.8 Å². The molecule has 2 atom stereocenters. The quantitative estimate of drug-likeness (QED) is 0.395. The van der Waals surface area contributed by atoms with Crippen LogP contribution in [-0.4, -0.2) is 54.0 Å². The summed E-state index contributed by atoms with van der Waals surface area (Å²) in [6.45, 7) is -0.0881. The maximum atomic E-state index is 15.0. The van der Waals surface area contributed by atoms with Gasteiger partial charge in [0, 0.05) is 36.0 Å². The first kappa shape index (κ1) is 25.5. The van der Waals surface area contributed by atoms with E-state index in [-0.39, 0.29) is 40.5 Å². The molecule has 36 heavy (non-hydrogen) atoms. The summed E-state index contributed by atoms with van der Waals surface area (Å²) in [6, 6.07) is 10.8. The molecule has 0 bridgehead atoms. The number of hydrogen-bond acceptors (Lipinski definition) is 6. The first-order chi connectivity index (χ1) is 17.0. The van der Waals surface area contributed by atoms with Crippen molar-refractivity contribution in [3.63, 3.8) is 0 Å². The standard InChI is InChI=1S/C23H21ClFN5O5S/c24-13-5-8-21(27-11-13)29-23(33)30-12-15(31)10-19(30)22(32)28-14-6-7-16(18(25)9-14)17-3-1-2-4-20(17)36(26,34)35/h1-9,11,15,19,31H,10,12H2,(H,28,32)(H2,26,34,35)(H,27,29,33). The maximum Gasteiger partial charge on any atom is 0.323 e. The molecular formula is C23H21ClFN5O5S. The Balaban J connectivity index is 1.51. The van der Waals surface area contributed by atoms with Crippen LogP contribution in [0.15, 0.2) is 65.7 Å². The van der Waals surface area contributed by atoms with Gasteiger partial charge in [0.2, 0.25) is 15.9 Å². The second-order valence-corrected chi connectivity index (χ2v) is 10.0. The Kier molecular flexibility index (Phi) is 7.22. The number of aromatic nitrogens is 1. The molecule has 1 fully saturated rings. The molecule has 13 heteroatoms. The number of urea groups is 1. The summed E-state index contributed by atoms with van der Waals surface area (Å²) in [6.07, 6.45) is 0.397. The van der Waals surface area contributed by atoms with Gasteiger partial charge in [0.05, 0.1) is 16.0 Å². The number of hydrogen-bond donors (Lipinski definition) is 4. The molecule has 10 nitrogen and oxygen atoms in total. The third-order valence-corrected chi connectivity index (χ3v) is 6.72. The van der Waals surface area contributed by atoms with Gasteiger partial charge in [0.25, 0.3) is 0 Å². The average Bonchev–Trinajstić information content (AvgIpc) is 3.22. The van der Waals surface area contributed by atoms with Crippen molar-refractivity contribution in [3.8, 4) is 11.1 Å². The van der Waals surface area contributed by atoms with E-state index in [0.717, 1.165) is 11.0 Å². The van der Waals surface area contributed by atoms with Crippen molar-refractivity contribution >= 4 is 45.1 Å². The van der Waals surface area contributed by atoms with Gasteiger partial charge in [0.1, 0.15) is 17.7 Å². The van der Waals surface area contributed by atoms with Gasteiger partial charge >= 0.3 is 6.03 Å². The Labute approximate surface area is 210 Å². The number of amides is 3. The van der Waals surface area contributed by atoms with Crippen molar-refractivity contribution in [2.24, 2.45) is 5.14 Å². The van der Waals surface area contributed by atoms with Crippen LogP contribution in [0.1, 0.15) is 6.42 Å². The van der Waals surface area contributed by atoms with E-state index in [1.807, 2.05) is 0 Å². The lowest BCUT2D eigenvalue weighted by molar-refractivity contribution is -0.119. The number of pyridine rings is 1. The molecular weight excluding hydrogens is 513 g/mol. The third kappa shape index (κ3) is 5.62. The number of sulfonamides is 1. The van der Waals surface area contributed by atoms with Crippen molar-refractivity contribution in [2.45, 2.75) is 23.5 Å². The summed E-state index contributed by atoms with van der Waals surface area (Å²) in [4.78, 5) is 30.5. The number of benzene rings is 2. The fraction of sp³-hybridized carbons (Fsp3) is 0.174. The van der Waals surface area contributed by atoms with Crippen LogP contribution in [0.25, 0.3) is 11.1 Å². The number of nitrogens with one attached hydrogen (secondary N) is 2. The van der Waals surface area contributed by atoms with E-state index < -0.39 is 39.9 Å². The summed E-state index contributed by atoms with van der Waals surface area (Å²) in [5, 5.41) is 20.8. The van der Waals surface area contributed by atoms with Gasteiger partial charge in [0.15, 0.2) is 0 Å². The van der Waals surface area contributed by atoms with Crippen molar-refractivity contribution in [1.82, 2.24) is 9.88 Å². The molecule has 4 rings (SSSR count). The van der Waals surface area contributed by atoms with Crippen LogP contribution in [0.2, 0.25) is 5.02 Å². The van der Waals surface area contributed by atoms with Gasteiger partial charge in [-0.1, -0.05) is 29.8 Å². The molecule has 3 aromatic rings. The second-order valence-electron chi connectivity index (χ2n) is 8.07. The van der Waals surface area contributed by atoms with Gasteiger partial charge < -0.3 is 15.3 Å². The lowest BCUT2D eigenvalue weighted by Crippen LogP contribution is -2.45. The highest BCUT2D eigenvalue weighted by Crippen LogP contribution is 2.30.